The summed E-state index contributed by atoms with van der Waals surface area (Å²) in [5, 5.41) is 0. The minimum atomic E-state index is 0.217. The predicted octanol–water partition coefficient (Wildman–Crippen LogP) is 3.35. The van der Waals surface area contributed by atoms with Crippen LogP contribution in [0.1, 0.15) is 59.8 Å². The van der Waals surface area contributed by atoms with Crippen LogP contribution in [0.25, 0.3) is 0 Å². The third-order valence-electron chi connectivity index (χ3n) is 2.88. The van der Waals surface area contributed by atoms with Crippen molar-refractivity contribution in [3.05, 3.63) is 0 Å². The zero-order chi connectivity index (χ0) is 11.7. The van der Waals surface area contributed by atoms with Crippen molar-refractivity contribution in [2.75, 3.05) is 6.61 Å². The summed E-state index contributed by atoms with van der Waals surface area (Å²) in [5.41, 5.74) is 6.07. The highest BCUT2D eigenvalue weighted by atomic mass is 16.5. The van der Waals surface area contributed by atoms with Gasteiger partial charge in [0, 0.05) is 12.6 Å². The molecule has 0 rings (SSSR count). The fourth-order valence-corrected chi connectivity index (χ4v) is 1.93. The molecule has 92 valence electrons. The Kier molecular flexibility index (Phi) is 9.12. The Bertz CT molecular complexity index is 138. The van der Waals surface area contributed by atoms with Gasteiger partial charge in [-0.05, 0) is 25.2 Å². The van der Waals surface area contributed by atoms with E-state index in [0.717, 1.165) is 25.9 Å². The largest absolute Gasteiger partial charge is 0.376 e. The fourth-order valence-electron chi connectivity index (χ4n) is 1.93. The first-order valence-corrected chi connectivity index (χ1v) is 6.52. The second-order valence-corrected chi connectivity index (χ2v) is 4.63. The molecular formula is C13H29NO. The van der Waals surface area contributed by atoms with Crippen molar-refractivity contribution in [1.82, 2.24) is 0 Å². The Morgan fingerprint density at radius 2 is 1.67 bits per heavy atom. The molecule has 0 aliphatic heterocycles. The molecule has 0 saturated carbocycles. The molecule has 0 amide bonds. The van der Waals surface area contributed by atoms with Gasteiger partial charge in [0.25, 0.3) is 0 Å². The third kappa shape index (κ3) is 6.91. The van der Waals surface area contributed by atoms with E-state index in [1.807, 2.05) is 0 Å². The molecule has 0 aromatic heterocycles. The molecule has 2 N–H and O–H groups in total. The molecule has 2 nitrogen and oxygen atoms in total. The van der Waals surface area contributed by atoms with Crippen LogP contribution >= 0.6 is 0 Å². The Hall–Kier alpha value is -0.0800. The summed E-state index contributed by atoms with van der Waals surface area (Å²) in [7, 11) is 0. The zero-order valence-electron chi connectivity index (χ0n) is 11.0. The number of hydrogen-bond donors (Lipinski definition) is 1. The second kappa shape index (κ2) is 9.17. The Morgan fingerprint density at radius 1 is 1.07 bits per heavy atom. The Balaban J connectivity index is 3.78. The summed E-state index contributed by atoms with van der Waals surface area (Å²) in [5.74, 6) is 0.665. The third-order valence-corrected chi connectivity index (χ3v) is 2.88. The lowest BCUT2D eigenvalue weighted by atomic mass is 10.0. The van der Waals surface area contributed by atoms with Gasteiger partial charge in [-0.1, -0.05) is 40.5 Å². The molecule has 2 heteroatoms. The lowest BCUT2D eigenvalue weighted by Crippen LogP contribution is -2.37. The van der Waals surface area contributed by atoms with Gasteiger partial charge in [0.15, 0.2) is 0 Å². The van der Waals surface area contributed by atoms with Gasteiger partial charge in [0.2, 0.25) is 0 Å². The molecule has 0 aromatic rings. The van der Waals surface area contributed by atoms with Gasteiger partial charge < -0.3 is 10.5 Å². The van der Waals surface area contributed by atoms with E-state index in [-0.39, 0.29) is 12.1 Å². The Labute approximate surface area is 95.6 Å². The zero-order valence-corrected chi connectivity index (χ0v) is 11.0. The summed E-state index contributed by atoms with van der Waals surface area (Å²) in [6.45, 7) is 9.67. The lowest BCUT2D eigenvalue weighted by Gasteiger charge is -2.24. The average molecular weight is 215 g/mol. The first kappa shape index (κ1) is 14.9. The monoisotopic (exact) mass is 215 g/mol. The van der Waals surface area contributed by atoms with E-state index in [9.17, 15) is 0 Å². The topological polar surface area (TPSA) is 35.2 Å². The average Bonchev–Trinajstić information content (AvgIpc) is 2.19. The standard InChI is InChI=1S/C13H29NO/c1-5-8-11(4)10-15-13(7-3)12(14)9-6-2/h11-13H,5-10,14H2,1-4H3. The molecular weight excluding hydrogens is 186 g/mol. The molecule has 0 spiro atoms. The van der Waals surface area contributed by atoms with E-state index in [1.165, 1.54) is 12.8 Å². The SMILES string of the molecule is CCCC(C)COC(CC)C(N)CCC. The van der Waals surface area contributed by atoms with Gasteiger partial charge in [0.1, 0.15) is 0 Å². The molecule has 0 aliphatic carbocycles. The maximum absolute atomic E-state index is 6.07. The van der Waals surface area contributed by atoms with Gasteiger partial charge in [-0.25, -0.2) is 0 Å². The number of ether oxygens (including phenoxy) is 1. The summed E-state index contributed by atoms with van der Waals surface area (Å²) < 4.78 is 5.89. The fraction of sp³-hybridized carbons (Fsp3) is 1.00. The van der Waals surface area contributed by atoms with Crippen LogP contribution < -0.4 is 5.73 Å². The van der Waals surface area contributed by atoms with Gasteiger partial charge in [-0.15, -0.1) is 0 Å². The summed E-state index contributed by atoms with van der Waals surface area (Å²) in [6, 6.07) is 0.217. The van der Waals surface area contributed by atoms with E-state index >= 15 is 0 Å². The summed E-state index contributed by atoms with van der Waals surface area (Å²) in [6.07, 6.45) is 5.98. The molecule has 15 heavy (non-hydrogen) atoms. The molecule has 0 radical (unpaired) electrons. The number of rotatable bonds is 9. The van der Waals surface area contributed by atoms with Crippen LogP contribution in [-0.4, -0.2) is 18.8 Å². The summed E-state index contributed by atoms with van der Waals surface area (Å²) in [4.78, 5) is 0. The lowest BCUT2D eigenvalue weighted by molar-refractivity contribution is 0.0115. The maximum atomic E-state index is 6.07. The van der Waals surface area contributed by atoms with E-state index in [0.29, 0.717) is 5.92 Å². The highest BCUT2D eigenvalue weighted by Gasteiger charge is 2.16. The molecule has 0 fully saturated rings. The van der Waals surface area contributed by atoms with Crippen molar-refractivity contribution in [3.8, 4) is 0 Å². The molecule has 3 unspecified atom stereocenters. The van der Waals surface area contributed by atoms with E-state index in [2.05, 4.69) is 27.7 Å². The van der Waals surface area contributed by atoms with Crippen LogP contribution in [0.3, 0.4) is 0 Å². The van der Waals surface area contributed by atoms with Crippen molar-refractivity contribution < 1.29 is 4.74 Å². The summed E-state index contributed by atoms with van der Waals surface area (Å²) >= 11 is 0. The van der Waals surface area contributed by atoms with Crippen LogP contribution in [0, 0.1) is 5.92 Å². The predicted molar refractivity (Wildman–Crippen MR) is 67.0 cm³/mol. The maximum Gasteiger partial charge on any atom is 0.0723 e. The normalized spacial score (nSPS) is 17.4. The number of nitrogens with two attached hydrogens (primary N) is 1. The van der Waals surface area contributed by atoms with Crippen LogP contribution in [0.15, 0.2) is 0 Å². The number of hydrogen-bond acceptors (Lipinski definition) is 2. The van der Waals surface area contributed by atoms with Crippen LogP contribution in [-0.2, 0) is 4.74 Å². The highest BCUT2D eigenvalue weighted by Crippen LogP contribution is 2.12. The van der Waals surface area contributed by atoms with Gasteiger partial charge in [0.05, 0.1) is 6.10 Å². The molecule has 0 bridgehead atoms. The van der Waals surface area contributed by atoms with E-state index in [4.69, 9.17) is 10.5 Å². The van der Waals surface area contributed by atoms with E-state index in [1.54, 1.807) is 0 Å². The van der Waals surface area contributed by atoms with Crippen molar-refractivity contribution in [2.45, 2.75) is 71.9 Å². The molecule has 0 aromatic carbocycles. The molecule has 0 heterocycles. The van der Waals surface area contributed by atoms with Crippen molar-refractivity contribution in [3.63, 3.8) is 0 Å². The van der Waals surface area contributed by atoms with Crippen molar-refractivity contribution in [2.24, 2.45) is 11.7 Å². The van der Waals surface area contributed by atoms with Gasteiger partial charge in [-0.3, -0.25) is 0 Å². The first-order chi connectivity index (χ1) is 7.15. The second-order valence-electron chi connectivity index (χ2n) is 4.63. The quantitative estimate of drug-likeness (QED) is 0.640. The first-order valence-electron chi connectivity index (χ1n) is 6.52. The van der Waals surface area contributed by atoms with Crippen LogP contribution in [0.5, 0.6) is 0 Å². The highest BCUT2D eigenvalue weighted by molar-refractivity contribution is 4.72. The molecule has 0 aliphatic rings. The molecule has 0 saturated heterocycles. The van der Waals surface area contributed by atoms with Gasteiger partial charge in [-0.2, -0.15) is 0 Å². The smallest absolute Gasteiger partial charge is 0.0723 e. The Morgan fingerprint density at radius 3 is 2.13 bits per heavy atom. The van der Waals surface area contributed by atoms with Crippen molar-refractivity contribution in [1.29, 1.82) is 0 Å². The van der Waals surface area contributed by atoms with E-state index < -0.39 is 0 Å². The molecule has 3 atom stereocenters. The van der Waals surface area contributed by atoms with Gasteiger partial charge >= 0.3 is 0 Å². The minimum absolute atomic E-state index is 0.217. The van der Waals surface area contributed by atoms with Crippen LogP contribution in [0.2, 0.25) is 0 Å². The minimum Gasteiger partial charge on any atom is -0.376 e. The van der Waals surface area contributed by atoms with Crippen molar-refractivity contribution >= 4 is 0 Å². The van der Waals surface area contributed by atoms with Crippen LogP contribution in [0.4, 0.5) is 0 Å².